The van der Waals surface area contributed by atoms with Gasteiger partial charge in [0.05, 0.1) is 18.9 Å². The smallest absolute Gasteiger partial charge is 0.326 e. The molecule has 0 aliphatic rings. The number of amides is 9. The number of primary amides is 2. The molecule has 0 spiro atoms. The number of H-pyrrole nitrogens is 2. The number of carbonyl (C=O) groups excluding carboxylic acids is 9. The van der Waals surface area contributed by atoms with E-state index < -0.39 is 102 Å². The number of hydrogen-bond donors (Lipinski definition) is 13. The zero-order chi connectivity index (χ0) is 59.0. The van der Waals surface area contributed by atoms with Crippen LogP contribution in [0, 0.1) is 11.8 Å². The van der Waals surface area contributed by atoms with Gasteiger partial charge in [-0.2, -0.15) is 11.8 Å². The highest BCUT2D eigenvalue weighted by Crippen LogP contribution is 2.20. The van der Waals surface area contributed by atoms with Crippen LogP contribution in [-0.2, 0) is 60.8 Å². The molecule has 0 bridgehead atoms. The van der Waals surface area contributed by atoms with E-state index in [-0.39, 0.29) is 43.4 Å². The van der Waals surface area contributed by atoms with Crippen LogP contribution >= 0.6 is 11.8 Å². The molecule has 9 amide bonds. The first kappa shape index (κ1) is 68.1. The standard InChI is InChI=1S/C43H67N11O7S.C11H20N2O4/c1-8-9-12-16-46-33(19-28-21-47-31-14-11-10-13-30(28)31)40(58)50-27(6)39(57)54-37(26(4)5)43(61)48-23-36(55)51-35(20-29-22-45-24-49-29)42(60)53-34(18-25(2)3)41(59)52-32(38(44)56)15-17-62-7;1-2-3-4-5-10(15)13-8(11(16)17)6-7-9(12)14/h10-11,13-14,21-22,24-27,32-35,37,46-47H,8-9,12,15-20,23H2,1-7H3,(H2,44,56)(H,45,49)(H,48,61)(H,50,58)(H,51,55)(H,52,59)(H,53,60)(H,54,57);8H,2-7H2,1H3,(H2,12,14)(H,13,15)(H,16,17). The third-order valence-electron chi connectivity index (χ3n) is 12.6. The van der Waals surface area contributed by atoms with Crippen LogP contribution in [0.3, 0.4) is 0 Å². The van der Waals surface area contributed by atoms with Gasteiger partial charge in [0.15, 0.2) is 0 Å². The fourth-order valence-electron chi connectivity index (χ4n) is 8.09. The molecule has 0 radical (unpaired) electrons. The molecule has 3 rings (SSSR count). The molecule has 25 heteroatoms. The number of nitrogens with one attached hydrogen (secondary N) is 10. The van der Waals surface area contributed by atoms with Gasteiger partial charge < -0.3 is 69.1 Å². The summed E-state index contributed by atoms with van der Waals surface area (Å²) in [7, 11) is 0. The first-order chi connectivity index (χ1) is 37.5. The molecule has 0 fully saturated rings. The van der Waals surface area contributed by atoms with Crippen molar-refractivity contribution in [3.05, 3.63) is 54.2 Å². The molecule has 79 heavy (non-hydrogen) atoms. The first-order valence-electron chi connectivity index (χ1n) is 27.1. The third kappa shape index (κ3) is 26.5. The van der Waals surface area contributed by atoms with Crippen LogP contribution in [0.5, 0.6) is 0 Å². The maximum Gasteiger partial charge on any atom is 0.326 e. The lowest BCUT2D eigenvalue weighted by Crippen LogP contribution is -2.58. The number of nitrogens with two attached hydrogens (primary N) is 2. The molecule has 7 atom stereocenters. The second-order valence-electron chi connectivity index (χ2n) is 20.2. The number of nitrogens with zero attached hydrogens (tertiary/aromatic N) is 1. The number of carboxylic acid groups (broad SMARTS) is 1. The van der Waals surface area contributed by atoms with Crippen LogP contribution in [0.15, 0.2) is 43.0 Å². The number of benzene rings is 1. The van der Waals surface area contributed by atoms with E-state index in [1.54, 1.807) is 13.8 Å². The van der Waals surface area contributed by atoms with Gasteiger partial charge in [0.2, 0.25) is 53.2 Å². The van der Waals surface area contributed by atoms with Crippen LogP contribution in [-0.4, -0.2) is 147 Å². The Morgan fingerprint density at radius 1 is 0.671 bits per heavy atom. The molecule has 24 nitrogen and oxygen atoms in total. The average molecular weight is 1130 g/mol. The predicted octanol–water partition coefficient (Wildman–Crippen LogP) is 1.73. The Hall–Kier alpha value is -7.02. The summed E-state index contributed by atoms with van der Waals surface area (Å²) in [4.78, 5) is 136. The first-order valence-corrected chi connectivity index (χ1v) is 28.5. The van der Waals surface area contributed by atoms with Crippen molar-refractivity contribution in [2.45, 2.75) is 174 Å². The number of hydrogen-bond acceptors (Lipinski definition) is 13. The Kier molecular flexibility index (Phi) is 31.9. The fraction of sp³-hybridized carbons (Fsp3) is 0.611. The highest BCUT2D eigenvalue weighted by Gasteiger charge is 2.32. The minimum Gasteiger partial charge on any atom is -0.480 e. The molecule has 0 aliphatic carbocycles. The largest absolute Gasteiger partial charge is 0.480 e. The summed E-state index contributed by atoms with van der Waals surface area (Å²) < 4.78 is 0. The molecule has 0 saturated carbocycles. The van der Waals surface area contributed by atoms with Crippen molar-refractivity contribution < 1.29 is 53.1 Å². The predicted molar refractivity (Wildman–Crippen MR) is 303 cm³/mol. The number of rotatable bonds is 37. The number of thioether (sulfide) groups is 1. The van der Waals surface area contributed by atoms with E-state index in [9.17, 15) is 47.9 Å². The summed E-state index contributed by atoms with van der Waals surface area (Å²) >= 11 is 1.49. The van der Waals surface area contributed by atoms with Crippen molar-refractivity contribution in [2.24, 2.45) is 23.3 Å². The van der Waals surface area contributed by atoms with Crippen molar-refractivity contribution in [3.8, 4) is 0 Å². The highest BCUT2D eigenvalue weighted by atomic mass is 32.2. The summed E-state index contributed by atoms with van der Waals surface area (Å²) in [5, 5.41) is 31.7. The average Bonchev–Trinajstić information content (AvgIpc) is 4.11. The Morgan fingerprint density at radius 2 is 1.32 bits per heavy atom. The maximum atomic E-state index is 13.7. The summed E-state index contributed by atoms with van der Waals surface area (Å²) in [5.74, 6) is -6.13. The van der Waals surface area contributed by atoms with Gasteiger partial charge in [-0.15, -0.1) is 0 Å². The number of unbranched alkanes of at least 4 members (excludes halogenated alkanes) is 4. The van der Waals surface area contributed by atoms with Crippen LogP contribution < -0.4 is 54.0 Å². The molecular formula is C54H87N13O11S. The molecule has 440 valence electrons. The number of aliphatic carboxylic acids is 1. The van der Waals surface area contributed by atoms with Crippen molar-refractivity contribution in [3.63, 3.8) is 0 Å². The van der Waals surface area contributed by atoms with E-state index in [1.165, 1.54) is 31.2 Å². The molecule has 1 aromatic carbocycles. The number of carboxylic acids is 1. The number of imidazole rings is 1. The molecule has 2 heterocycles. The molecule has 3 aromatic rings. The van der Waals surface area contributed by atoms with Gasteiger partial charge in [-0.25, -0.2) is 9.78 Å². The van der Waals surface area contributed by atoms with Crippen LogP contribution in [0.2, 0.25) is 0 Å². The van der Waals surface area contributed by atoms with E-state index >= 15 is 0 Å². The number of carbonyl (C=O) groups is 10. The topological polar surface area (TPSA) is 384 Å². The van der Waals surface area contributed by atoms with Crippen molar-refractivity contribution in [1.29, 1.82) is 0 Å². The molecule has 7 unspecified atom stereocenters. The quantitative estimate of drug-likeness (QED) is 0.0366. The van der Waals surface area contributed by atoms with Gasteiger partial charge in [0.25, 0.3) is 0 Å². The lowest BCUT2D eigenvalue weighted by Gasteiger charge is -2.26. The summed E-state index contributed by atoms with van der Waals surface area (Å²) in [6.07, 6.45) is 13.5. The molecule has 0 saturated heterocycles. The summed E-state index contributed by atoms with van der Waals surface area (Å²) in [6.45, 7) is 13.0. The number of aromatic nitrogens is 3. The molecule has 2 aromatic heterocycles. The van der Waals surface area contributed by atoms with Gasteiger partial charge in [-0.3, -0.25) is 43.2 Å². The summed E-state index contributed by atoms with van der Waals surface area (Å²) in [6, 6.07) is 0.947. The Labute approximate surface area is 467 Å². The van der Waals surface area contributed by atoms with Gasteiger partial charge >= 0.3 is 5.97 Å². The van der Waals surface area contributed by atoms with Crippen molar-refractivity contribution in [1.82, 2.24) is 57.5 Å². The Bertz CT molecular complexity index is 2420. The van der Waals surface area contributed by atoms with E-state index in [0.29, 0.717) is 37.3 Å². The van der Waals surface area contributed by atoms with E-state index in [4.69, 9.17) is 16.6 Å². The zero-order valence-electron chi connectivity index (χ0n) is 47.1. The van der Waals surface area contributed by atoms with Crippen LogP contribution in [0.1, 0.15) is 130 Å². The number of aromatic amines is 2. The Balaban J connectivity index is 0.00000107. The molecule has 0 aliphatic heterocycles. The van der Waals surface area contributed by atoms with Crippen molar-refractivity contribution >= 4 is 81.8 Å². The second-order valence-corrected chi connectivity index (χ2v) is 21.2. The van der Waals surface area contributed by atoms with Gasteiger partial charge in [-0.1, -0.05) is 85.4 Å². The molecule has 15 N–H and O–H groups in total. The Morgan fingerprint density at radius 3 is 1.92 bits per heavy atom. The van der Waals surface area contributed by atoms with Gasteiger partial charge in [0, 0.05) is 48.3 Å². The minimum absolute atomic E-state index is 0.0235. The normalized spacial score (nSPS) is 13.7. The van der Waals surface area contributed by atoms with Crippen molar-refractivity contribution in [2.75, 3.05) is 25.1 Å². The van der Waals surface area contributed by atoms with Crippen LogP contribution in [0.25, 0.3) is 10.9 Å². The highest BCUT2D eigenvalue weighted by molar-refractivity contribution is 7.98. The minimum atomic E-state index is -1.20. The fourth-order valence-corrected chi connectivity index (χ4v) is 8.56. The number of fused-ring (bicyclic) bond motifs is 1. The zero-order valence-corrected chi connectivity index (χ0v) is 47.9. The second kappa shape index (κ2) is 37.0. The van der Waals surface area contributed by atoms with Gasteiger partial charge in [0.1, 0.15) is 36.3 Å². The lowest BCUT2D eigenvalue weighted by molar-refractivity contribution is -0.142. The SMILES string of the molecule is CCCCCC(=O)NC(CCC(N)=O)C(=O)O.CCCCCNC(Cc1c[nH]c2ccccc12)C(=O)NC(C)C(=O)NC(C(=O)NCC(=O)NC(Cc1cnc[nH]1)C(=O)NC(CC(C)C)C(=O)NC(CCSC)C(N)=O)C(C)C. The monoisotopic (exact) mass is 1130 g/mol. The van der Waals surface area contributed by atoms with Crippen LogP contribution in [0.4, 0.5) is 0 Å². The molecular weight excluding hydrogens is 1040 g/mol. The number of para-hydroxylation sites is 1. The van der Waals surface area contributed by atoms with E-state index in [0.717, 1.165) is 55.0 Å². The van der Waals surface area contributed by atoms with Gasteiger partial charge in [-0.05, 0) is 87.5 Å². The lowest BCUT2D eigenvalue weighted by atomic mass is 10.0. The van der Waals surface area contributed by atoms with E-state index in [2.05, 4.69) is 64.4 Å². The summed E-state index contributed by atoms with van der Waals surface area (Å²) in [5.41, 5.74) is 12.9. The third-order valence-corrected chi connectivity index (χ3v) is 13.2. The maximum absolute atomic E-state index is 13.7. The van der Waals surface area contributed by atoms with E-state index in [1.807, 2.05) is 57.5 Å².